The van der Waals surface area contributed by atoms with Crippen molar-refractivity contribution in [3.05, 3.63) is 69.2 Å². The Labute approximate surface area is 132 Å². The molecule has 5 heteroatoms. The zero-order chi connectivity index (χ0) is 15.4. The van der Waals surface area contributed by atoms with Gasteiger partial charge in [-0.2, -0.15) is 0 Å². The van der Waals surface area contributed by atoms with Crippen molar-refractivity contribution in [3.8, 4) is 0 Å². The molecule has 1 N–H and O–H groups in total. The van der Waals surface area contributed by atoms with Crippen molar-refractivity contribution in [1.82, 2.24) is 5.32 Å². The van der Waals surface area contributed by atoms with E-state index in [1.165, 1.54) is 6.07 Å². The molecule has 2 aromatic rings. The third kappa shape index (κ3) is 3.94. The summed E-state index contributed by atoms with van der Waals surface area (Å²) < 4.78 is 27.6. The maximum absolute atomic E-state index is 14.1. The number of hydrogen-bond acceptors (Lipinski definition) is 1. The van der Waals surface area contributed by atoms with E-state index in [0.29, 0.717) is 22.2 Å². The Balaban J connectivity index is 2.49. The van der Waals surface area contributed by atoms with Crippen molar-refractivity contribution in [3.63, 3.8) is 0 Å². The average Bonchev–Trinajstić information content (AvgIpc) is 2.42. The maximum Gasteiger partial charge on any atom is 0.163 e. The van der Waals surface area contributed by atoms with Crippen molar-refractivity contribution in [2.24, 2.45) is 0 Å². The molecule has 1 nitrogen and oxygen atoms in total. The van der Waals surface area contributed by atoms with Crippen molar-refractivity contribution in [1.29, 1.82) is 0 Å². The Kier molecular flexibility index (Phi) is 5.57. The number of benzene rings is 2. The molecule has 0 saturated heterocycles. The Bertz CT molecular complexity index is 611. The largest absolute Gasteiger partial charge is 0.306 e. The lowest BCUT2D eigenvalue weighted by atomic mass is 9.98. The van der Waals surface area contributed by atoms with E-state index in [4.69, 9.17) is 23.2 Å². The van der Waals surface area contributed by atoms with Crippen LogP contribution in [0.25, 0.3) is 0 Å². The van der Waals surface area contributed by atoms with Crippen molar-refractivity contribution >= 4 is 23.2 Å². The molecule has 21 heavy (non-hydrogen) atoms. The quantitative estimate of drug-likeness (QED) is 0.778. The second kappa shape index (κ2) is 7.21. The zero-order valence-corrected chi connectivity index (χ0v) is 13.0. The zero-order valence-electron chi connectivity index (χ0n) is 11.5. The highest BCUT2D eigenvalue weighted by Gasteiger charge is 2.20. The highest BCUT2D eigenvalue weighted by Crippen LogP contribution is 2.30. The van der Waals surface area contributed by atoms with Crippen LogP contribution < -0.4 is 5.32 Å². The topological polar surface area (TPSA) is 12.0 Å². The number of nitrogens with one attached hydrogen (secondary N) is 1. The molecule has 0 aliphatic carbocycles. The Hall–Kier alpha value is -1.16. The van der Waals surface area contributed by atoms with Crippen molar-refractivity contribution in [2.45, 2.75) is 19.4 Å². The minimum Gasteiger partial charge on any atom is -0.306 e. The van der Waals surface area contributed by atoms with Gasteiger partial charge >= 0.3 is 0 Å². The van der Waals surface area contributed by atoms with Gasteiger partial charge in [0.1, 0.15) is 0 Å². The summed E-state index contributed by atoms with van der Waals surface area (Å²) >= 11 is 12.0. The maximum atomic E-state index is 14.1. The van der Waals surface area contributed by atoms with Crippen LogP contribution in [0.3, 0.4) is 0 Å². The second-order valence-corrected chi connectivity index (χ2v) is 5.61. The summed E-state index contributed by atoms with van der Waals surface area (Å²) in [4.78, 5) is 0. The van der Waals surface area contributed by atoms with E-state index in [9.17, 15) is 8.78 Å². The first-order valence-corrected chi connectivity index (χ1v) is 7.41. The summed E-state index contributed by atoms with van der Waals surface area (Å²) in [6.45, 7) is 2.65. The van der Waals surface area contributed by atoms with Gasteiger partial charge < -0.3 is 5.32 Å². The molecule has 0 heterocycles. The van der Waals surface area contributed by atoms with Gasteiger partial charge in [-0.1, -0.05) is 42.3 Å². The van der Waals surface area contributed by atoms with E-state index < -0.39 is 17.7 Å². The molecule has 0 radical (unpaired) electrons. The molecule has 0 fully saturated rings. The lowest BCUT2D eigenvalue weighted by Crippen LogP contribution is -2.24. The van der Waals surface area contributed by atoms with E-state index in [2.05, 4.69) is 5.32 Å². The predicted octanol–water partition coefficient (Wildman–Crippen LogP) is 5.36. The molecule has 0 aliphatic rings. The van der Waals surface area contributed by atoms with Gasteiger partial charge in [0.05, 0.1) is 6.04 Å². The third-order valence-electron chi connectivity index (χ3n) is 3.11. The summed E-state index contributed by atoms with van der Waals surface area (Å²) in [5, 5.41) is 4.11. The van der Waals surface area contributed by atoms with Crippen LogP contribution in [-0.2, 0) is 0 Å². The first kappa shape index (κ1) is 16.2. The fraction of sp³-hybridized carbons (Fsp3) is 0.250. The van der Waals surface area contributed by atoms with Crippen molar-refractivity contribution < 1.29 is 8.78 Å². The van der Waals surface area contributed by atoms with E-state index in [-0.39, 0.29) is 5.56 Å². The molecule has 0 aromatic heterocycles. The molecule has 1 atom stereocenters. The Morgan fingerprint density at radius 1 is 1.10 bits per heavy atom. The molecule has 112 valence electrons. The highest BCUT2D eigenvalue weighted by molar-refractivity contribution is 6.34. The van der Waals surface area contributed by atoms with E-state index in [0.717, 1.165) is 12.5 Å². The first-order valence-electron chi connectivity index (χ1n) is 6.66. The van der Waals surface area contributed by atoms with Crippen LogP contribution in [0.2, 0.25) is 10.0 Å². The Morgan fingerprint density at radius 3 is 2.38 bits per heavy atom. The van der Waals surface area contributed by atoms with Gasteiger partial charge in [-0.25, -0.2) is 8.78 Å². The molecular formula is C16H15Cl2F2N. The Morgan fingerprint density at radius 2 is 1.76 bits per heavy atom. The van der Waals surface area contributed by atoms with Gasteiger partial charge in [0.25, 0.3) is 0 Å². The highest BCUT2D eigenvalue weighted by atomic mass is 35.5. The lowest BCUT2D eigenvalue weighted by Gasteiger charge is -2.21. The van der Waals surface area contributed by atoms with Crippen molar-refractivity contribution in [2.75, 3.05) is 6.54 Å². The molecule has 0 spiro atoms. The minimum atomic E-state index is -0.871. The number of rotatable bonds is 5. The number of halogens is 4. The van der Waals surface area contributed by atoms with E-state index in [1.807, 2.05) is 6.92 Å². The van der Waals surface area contributed by atoms with Crippen LogP contribution in [0.5, 0.6) is 0 Å². The van der Waals surface area contributed by atoms with E-state index in [1.54, 1.807) is 24.3 Å². The third-order valence-corrected chi connectivity index (χ3v) is 3.55. The second-order valence-electron chi connectivity index (χ2n) is 4.73. The first-order chi connectivity index (χ1) is 10.0. The standard InChI is InChI=1S/C16H15Cl2F2N/c1-2-6-21-16(10-7-11(17)9-12(18)8-10)13-4-3-5-14(19)15(13)20/h3-5,7-9,16,21H,2,6H2,1H3. The van der Waals surface area contributed by atoms with Crippen LogP contribution >= 0.6 is 23.2 Å². The molecule has 0 saturated carbocycles. The predicted molar refractivity (Wildman–Crippen MR) is 83.0 cm³/mol. The van der Waals surface area contributed by atoms with Gasteiger partial charge in [0.15, 0.2) is 11.6 Å². The van der Waals surface area contributed by atoms with Gasteiger partial charge in [-0.15, -0.1) is 0 Å². The average molecular weight is 330 g/mol. The smallest absolute Gasteiger partial charge is 0.163 e. The van der Waals surface area contributed by atoms with Crippen LogP contribution in [0.15, 0.2) is 36.4 Å². The normalized spacial score (nSPS) is 12.4. The van der Waals surface area contributed by atoms with Gasteiger partial charge in [0, 0.05) is 15.6 Å². The summed E-state index contributed by atoms with van der Waals surface area (Å²) in [5.74, 6) is -1.73. The number of hydrogen-bond donors (Lipinski definition) is 1. The fourth-order valence-electron chi connectivity index (χ4n) is 2.18. The summed E-state index contributed by atoms with van der Waals surface area (Å²) in [7, 11) is 0. The molecule has 0 amide bonds. The molecule has 0 bridgehead atoms. The van der Waals surface area contributed by atoms with Gasteiger partial charge in [-0.3, -0.25) is 0 Å². The molecule has 2 aromatic carbocycles. The van der Waals surface area contributed by atoms with Crippen LogP contribution in [0, 0.1) is 11.6 Å². The summed E-state index contributed by atoms with van der Waals surface area (Å²) in [6, 6.07) is 8.64. The van der Waals surface area contributed by atoms with E-state index >= 15 is 0 Å². The summed E-state index contributed by atoms with van der Waals surface area (Å²) in [6.07, 6.45) is 0.863. The molecule has 2 rings (SSSR count). The lowest BCUT2D eigenvalue weighted by molar-refractivity contribution is 0.480. The fourth-order valence-corrected chi connectivity index (χ4v) is 2.72. The molecule has 0 aliphatic heterocycles. The monoisotopic (exact) mass is 329 g/mol. The molecule has 1 unspecified atom stereocenters. The van der Waals surface area contributed by atoms with Crippen LogP contribution in [0.1, 0.15) is 30.5 Å². The van der Waals surface area contributed by atoms with Gasteiger partial charge in [-0.05, 0) is 42.8 Å². The van der Waals surface area contributed by atoms with Crippen LogP contribution in [-0.4, -0.2) is 6.54 Å². The van der Waals surface area contributed by atoms with Gasteiger partial charge in [0.2, 0.25) is 0 Å². The summed E-state index contributed by atoms with van der Waals surface area (Å²) in [5.41, 5.74) is 0.937. The minimum absolute atomic E-state index is 0.238. The SMILES string of the molecule is CCCNC(c1cc(Cl)cc(Cl)c1)c1cccc(F)c1F. The molecular weight excluding hydrogens is 315 g/mol. The van der Waals surface area contributed by atoms with Crippen LogP contribution in [0.4, 0.5) is 8.78 Å².